The van der Waals surface area contributed by atoms with E-state index >= 15 is 0 Å². The molecule has 1 aromatic heterocycles. The number of hydrogen-bond acceptors (Lipinski definition) is 5. The Morgan fingerprint density at radius 3 is 2.77 bits per heavy atom. The second kappa shape index (κ2) is 9.53. The SMILES string of the molecule is COc1cccc(CNC(=O)c2nc3c(s2)CCN(Cc2ccc(F)c(F)c2)CC3)c1. The highest BCUT2D eigenvalue weighted by Gasteiger charge is 2.21. The number of ether oxygens (including phenoxy) is 1. The molecule has 0 bridgehead atoms. The minimum Gasteiger partial charge on any atom is -0.497 e. The van der Waals surface area contributed by atoms with Gasteiger partial charge in [0.1, 0.15) is 5.75 Å². The van der Waals surface area contributed by atoms with Gasteiger partial charge in [0.2, 0.25) is 0 Å². The molecule has 0 atom stereocenters. The van der Waals surface area contributed by atoms with Gasteiger partial charge in [-0.3, -0.25) is 9.69 Å². The van der Waals surface area contributed by atoms with Gasteiger partial charge in [0.25, 0.3) is 5.91 Å². The van der Waals surface area contributed by atoms with Crippen LogP contribution in [0, 0.1) is 11.6 Å². The molecule has 1 aliphatic heterocycles. The van der Waals surface area contributed by atoms with Gasteiger partial charge in [-0.25, -0.2) is 13.8 Å². The normalized spacial score (nSPS) is 14.0. The van der Waals surface area contributed by atoms with Crippen LogP contribution in [0.1, 0.15) is 31.5 Å². The minimum absolute atomic E-state index is 0.181. The molecular weight excluding hydrogens is 420 g/mol. The first-order valence-corrected chi connectivity index (χ1v) is 10.9. The van der Waals surface area contributed by atoms with Crippen molar-refractivity contribution in [2.24, 2.45) is 0 Å². The number of nitrogens with one attached hydrogen (secondary N) is 1. The lowest BCUT2D eigenvalue weighted by Crippen LogP contribution is -2.26. The predicted octanol–water partition coefficient (Wildman–Crippen LogP) is 3.96. The van der Waals surface area contributed by atoms with Gasteiger partial charge in [-0.1, -0.05) is 18.2 Å². The molecule has 2 aromatic carbocycles. The first-order valence-electron chi connectivity index (χ1n) is 10.1. The van der Waals surface area contributed by atoms with Crippen LogP contribution < -0.4 is 10.1 Å². The average Bonchev–Trinajstić information content (AvgIpc) is 3.10. The van der Waals surface area contributed by atoms with Gasteiger partial charge in [0.15, 0.2) is 16.6 Å². The van der Waals surface area contributed by atoms with Gasteiger partial charge in [-0.05, 0) is 41.8 Å². The van der Waals surface area contributed by atoms with Crippen molar-refractivity contribution in [2.45, 2.75) is 25.9 Å². The van der Waals surface area contributed by atoms with Crippen molar-refractivity contribution in [1.82, 2.24) is 15.2 Å². The van der Waals surface area contributed by atoms with Gasteiger partial charge in [0, 0.05) is 37.5 Å². The fraction of sp³-hybridized carbons (Fsp3) is 0.304. The van der Waals surface area contributed by atoms with Crippen LogP contribution in [0.3, 0.4) is 0 Å². The number of carbonyl (C=O) groups excluding carboxylic acids is 1. The lowest BCUT2D eigenvalue weighted by molar-refractivity contribution is 0.0950. The molecule has 4 rings (SSSR count). The number of benzene rings is 2. The largest absolute Gasteiger partial charge is 0.497 e. The van der Waals surface area contributed by atoms with Crippen LogP contribution in [0.5, 0.6) is 5.75 Å². The Morgan fingerprint density at radius 2 is 1.97 bits per heavy atom. The molecule has 2 heterocycles. The Kier molecular flexibility index (Phi) is 6.58. The van der Waals surface area contributed by atoms with Gasteiger partial charge in [0.05, 0.1) is 12.8 Å². The number of carbonyl (C=O) groups is 1. The molecule has 0 fully saturated rings. The predicted molar refractivity (Wildman–Crippen MR) is 115 cm³/mol. The standard InChI is InChI=1S/C23H23F2N3O2S/c1-30-17-4-2-3-15(11-17)13-26-22(29)23-27-20-7-9-28(10-8-21(20)31-23)14-16-5-6-18(24)19(25)12-16/h2-6,11-12H,7-10,13-14H2,1H3,(H,26,29). The zero-order valence-electron chi connectivity index (χ0n) is 17.2. The molecule has 0 spiro atoms. The molecule has 3 aromatic rings. The van der Waals surface area contributed by atoms with Crippen molar-refractivity contribution in [2.75, 3.05) is 20.2 Å². The monoisotopic (exact) mass is 443 g/mol. The molecule has 0 aliphatic carbocycles. The fourth-order valence-corrected chi connectivity index (χ4v) is 4.61. The quantitative estimate of drug-likeness (QED) is 0.627. The first kappa shape index (κ1) is 21.4. The smallest absolute Gasteiger partial charge is 0.280 e. The van der Waals surface area contributed by atoms with Crippen LogP contribution in [0.15, 0.2) is 42.5 Å². The summed E-state index contributed by atoms with van der Waals surface area (Å²) >= 11 is 1.43. The number of thiazole rings is 1. The van der Waals surface area contributed by atoms with Gasteiger partial charge in [-0.15, -0.1) is 11.3 Å². The van der Waals surface area contributed by atoms with E-state index in [-0.39, 0.29) is 5.91 Å². The van der Waals surface area contributed by atoms with Gasteiger partial charge < -0.3 is 10.1 Å². The highest BCUT2D eigenvalue weighted by atomic mass is 32.1. The molecule has 0 unspecified atom stereocenters. The summed E-state index contributed by atoms with van der Waals surface area (Å²) in [5.41, 5.74) is 2.65. The Balaban J connectivity index is 1.34. The third-order valence-corrected chi connectivity index (χ3v) is 6.43. The lowest BCUT2D eigenvalue weighted by atomic mass is 10.2. The van der Waals surface area contributed by atoms with E-state index in [1.807, 2.05) is 24.3 Å². The lowest BCUT2D eigenvalue weighted by Gasteiger charge is -2.19. The summed E-state index contributed by atoms with van der Waals surface area (Å²) in [6.45, 7) is 2.49. The summed E-state index contributed by atoms with van der Waals surface area (Å²) in [6, 6.07) is 11.6. The third kappa shape index (κ3) is 5.26. The van der Waals surface area contributed by atoms with E-state index in [0.29, 0.717) is 18.1 Å². The number of aromatic nitrogens is 1. The highest BCUT2D eigenvalue weighted by molar-refractivity contribution is 7.13. The molecule has 8 heteroatoms. The number of halogens is 2. The number of methoxy groups -OCH3 is 1. The summed E-state index contributed by atoms with van der Waals surface area (Å²) in [5.74, 6) is -1.08. The number of rotatable bonds is 6. The van der Waals surface area contributed by atoms with Crippen LogP contribution in [0.2, 0.25) is 0 Å². The first-order chi connectivity index (χ1) is 15.0. The Labute approximate surface area is 183 Å². The molecule has 1 aliphatic rings. The summed E-state index contributed by atoms with van der Waals surface area (Å²) in [6.07, 6.45) is 1.50. The second-order valence-corrected chi connectivity index (χ2v) is 8.53. The summed E-state index contributed by atoms with van der Waals surface area (Å²) < 4.78 is 31.8. The number of hydrogen-bond donors (Lipinski definition) is 1. The summed E-state index contributed by atoms with van der Waals surface area (Å²) in [7, 11) is 1.61. The fourth-order valence-electron chi connectivity index (χ4n) is 3.60. The zero-order chi connectivity index (χ0) is 21.8. The summed E-state index contributed by atoms with van der Waals surface area (Å²) in [5, 5.41) is 3.39. The van der Waals surface area contributed by atoms with Crippen molar-refractivity contribution in [1.29, 1.82) is 0 Å². The molecule has 162 valence electrons. The summed E-state index contributed by atoms with van der Waals surface area (Å²) in [4.78, 5) is 20.4. The molecule has 0 saturated heterocycles. The Bertz CT molecular complexity index is 1060. The molecule has 1 amide bonds. The molecule has 1 N–H and O–H groups in total. The number of amides is 1. The molecule has 0 radical (unpaired) electrons. The Hall–Kier alpha value is -2.84. The maximum absolute atomic E-state index is 13.5. The minimum atomic E-state index is -0.830. The van der Waals surface area contributed by atoms with Gasteiger partial charge in [-0.2, -0.15) is 0 Å². The van der Waals surface area contributed by atoms with Crippen molar-refractivity contribution in [3.8, 4) is 5.75 Å². The van der Waals surface area contributed by atoms with Crippen molar-refractivity contribution in [3.05, 3.63) is 80.8 Å². The van der Waals surface area contributed by atoms with Crippen LogP contribution in [-0.4, -0.2) is 36.0 Å². The van der Waals surface area contributed by atoms with E-state index in [1.165, 1.54) is 17.4 Å². The highest BCUT2D eigenvalue weighted by Crippen LogP contribution is 2.24. The molecule has 31 heavy (non-hydrogen) atoms. The third-order valence-electron chi connectivity index (χ3n) is 5.27. The van der Waals surface area contributed by atoms with E-state index < -0.39 is 11.6 Å². The van der Waals surface area contributed by atoms with E-state index in [4.69, 9.17) is 4.74 Å². The van der Waals surface area contributed by atoms with Crippen molar-refractivity contribution in [3.63, 3.8) is 0 Å². The van der Waals surface area contributed by atoms with Crippen LogP contribution in [0.25, 0.3) is 0 Å². The molecule has 0 saturated carbocycles. The number of fused-ring (bicyclic) bond motifs is 1. The van der Waals surface area contributed by atoms with Crippen molar-refractivity contribution >= 4 is 17.2 Å². The topological polar surface area (TPSA) is 54.5 Å². The average molecular weight is 444 g/mol. The van der Waals surface area contributed by atoms with E-state index in [1.54, 1.807) is 13.2 Å². The van der Waals surface area contributed by atoms with E-state index in [2.05, 4.69) is 15.2 Å². The van der Waals surface area contributed by atoms with Crippen LogP contribution in [-0.2, 0) is 25.9 Å². The molecule has 5 nitrogen and oxygen atoms in total. The maximum atomic E-state index is 13.5. The maximum Gasteiger partial charge on any atom is 0.280 e. The van der Waals surface area contributed by atoms with Crippen molar-refractivity contribution < 1.29 is 18.3 Å². The van der Waals surface area contributed by atoms with Crippen LogP contribution >= 0.6 is 11.3 Å². The Morgan fingerprint density at radius 1 is 1.13 bits per heavy atom. The van der Waals surface area contributed by atoms with E-state index in [0.717, 1.165) is 59.4 Å². The van der Waals surface area contributed by atoms with E-state index in [9.17, 15) is 13.6 Å². The zero-order valence-corrected chi connectivity index (χ0v) is 18.0. The second-order valence-electron chi connectivity index (χ2n) is 7.45. The number of nitrogens with zero attached hydrogens (tertiary/aromatic N) is 2. The van der Waals surface area contributed by atoms with Gasteiger partial charge >= 0.3 is 0 Å². The molecular formula is C23H23F2N3O2S. The van der Waals surface area contributed by atoms with Crippen LogP contribution in [0.4, 0.5) is 8.78 Å².